The molecule has 1 aromatic heterocycles. The molecule has 17 heavy (non-hydrogen) atoms. The van der Waals surface area contributed by atoms with E-state index in [0.717, 1.165) is 11.3 Å². The fraction of sp³-hybridized carbons (Fsp3) is 0.455. The first-order valence-corrected chi connectivity index (χ1v) is 6.07. The zero-order valence-corrected chi connectivity index (χ0v) is 10.6. The Labute approximate surface area is 103 Å². The molecule has 0 aromatic carbocycles. The Morgan fingerprint density at radius 3 is 2.82 bits per heavy atom. The van der Waals surface area contributed by atoms with Gasteiger partial charge in [-0.25, -0.2) is 4.79 Å². The van der Waals surface area contributed by atoms with E-state index >= 15 is 0 Å². The fourth-order valence-corrected chi connectivity index (χ4v) is 2.16. The zero-order valence-electron chi connectivity index (χ0n) is 9.78. The zero-order chi connectivity index (χ0) is 12.8. The number of hydrogen-bond acceptors (Lipinski definition) is 4. The van der Waals surface area contributed by atoms with Crippen LogP contribution in [-0.4, -0.2) is 30.2 Å². The van der Waals surface area contributed by atoms with Crippen molar-refractivity contribution in [3.05, 3.63) is 16.5 Å². The predicted molar refractivity (Wildman–Crippen MR) is 65.8 cm³/mol. The fourth-order valence-electron chi connectivity index (χ4n) is 1.24. The second-order valence-electron chi connectivity index (χ2n) is 3.51. The Morgan fingerprint density at radius 1 is 1.53 bits per heavy atom. The van der Waals surface area contributed by atoms with Gasteiger partial charge in [0.15, 0.2) is 0 Å². The van der Waals surface area contributed by atoms with Crippen LogP contribution in [0.4, 0.5) is 5.00 Å². The molecule has 0 spiro atoms. The maximum atomic E-state index is 11.4. The van der Waals surface area contributed by atoms with E-state index in [4.69, 9.17) is 9.84 Å². The van der Waals surface area contributed by atoms with E-state index in [1.807, 2.05) is 6.92 Å². The summed E-state index contributed by atoms with van der Waals surface area (Å²) in [7, 11) is 0. The molecule has 2 N–H and O–H groups in total. The van der Waals surface area contributed by atoms with Crippen molar-refractivity contribution in [1.29, 1.82) is 0 Å². The summed E-state index contributed by atoms with van der Waals surface area (Å²) in [4.78, 5) is 23.2. The summed E-state index contributed by atoms with van der Waals surface area (Å²) >= 11 is 1.24. The number of anilines is 1. The highest BCUT2D eigenvalue weighted by atomic mass is 32.1. The molecule has 0 fully saturated rings. The topological polar surface area (TPSA) is 75.6 Å². The third-order valence-electron chi connectivity index (χ3n) is 1.92. The number of carboxylic acid groups (broad SMARTS) is 1. The van der Waals surface area contributed by atoms with Gasteiger partial charge in [0.05, 0.1) is 5.56 Å². The Hall–Kier alpha value is -1.40. The molecule has 1 amide bonds. The number of carbonyl (C=O) groups excluding carboxylic acids is 1. The molecule has 5 nitrogen and oxygen atoms in total. The van der Waals surface area contributed by atoms with Gasteiger partial charge in [-0.3, -0.25) is 4.79 Å². The molecular formula is C11H15NO4S. The van der Waals surface area contributed by atoms with Crippen molar-refractivity contribution in [2.24, 2.45) is 0 Å². The van der Waals surface area contributed by atoms with Crippen molar-refractivity contribution >= 4 is 28.2 Å². The average Bonchev–Trinajstić information content (AvgIpc) is 2.60. The van der Waals surface area contributed by atoms with E-state index in [-0.39, 0.29) is 18.1 Å². The molecule has 1 rings (SSSR count). The molecule has 94 valence electrons. The van der Waals surface area contributed by atoms with Gasteiger partial charge in [0, 0.05) is 11.5 Å². The van der Waals surface area contributed by atoms with Crippen LogP contribution in [-0.2, 0) is 9.53 Å². The molecule has 1 heterocycles. The normalized spacial score (nSPS) is 10.2. The monoisotopic (exact) mass is 257 g/mol. The van der Waals surface area contributed by atoms with Crippen LogP contribution in [0.5, 0.6) is 0 Å². The Morgan fingerprint density at radius 2 is 2.24 bits per heavy atom. The first-order chi connectivity index (χ1) is 8.04. The lowest BCUT2D eigenvalue weighted by atomic mass is 10.3. The second kappa shape index (κ2) is 6.36. The second-order valence-corrected chi connectivity index (χ2v) is 4.76. The molecule has 0 radical (unpaired) electrons. The minimum absolute atomic E-state index is 0.0517. The van der Waals surface area contributed by atoms with Crippen molar-refractivity contribution in [1.82, 2.24) is 0 Å². The van der Waals surface area contributed by atoms with Crippen molar-refractivity contribution in [2.45, 2.75) is 20.3 Å². The third-order valence-corrected chi connectivity index (χ3v) is 2.89. The lowest BCUT2D eigenvalue weighted by Gasteiger charge is -2.04. The van der Waals surface area contributed by atoms with Crippen LogP contribution in [0.25, 0.3) is 0 Å². The Bertz CT molecular complexity index is 414. The molecule has 0 bridgehead atoms. The van der Waals surface area contributed by atoms with E-state index in [1.54, 1.807) is 6.92 Å². The maximum absolute atomic E-state index is 11.4. The smallest absolute Gasteiger partial charge is 0.338 e. The van der Waals surface area contributed by atoms with Crippen LogP contribution in [0.2, 0.25) is 0 Å². The van der Waals surface area contributed by atoms with Crippen LogP contribution < -0.4 is 5.32 Å². The molecule has 1 aromatic rings. The molecule has 0 saturated heterocycles. The van der Waals surface area contributed by atoms with Crippen LogP contribution >= 0.6 is 11.3 Å². The largest absolute Gasteiger partial charge is 0.478 e. The summed E-state index contributed by atoms with van der Waals surface area (Å²) in [6, 6.07) is 1.54. The lowest BCUT2D eigenvalue weighted by molar-refractivity contribution is -0.120. The number of aromatic carboxylic acids is 1. The van der Waals surface area contributed by atoms with E-state index in [0.29, 0.717) is 11.6 Å². The van der Waals surface area contributed by atoms with E-state index in [2.05, 4.69) is 5.32 Å². The third kappa shape index (κ3) is 4.16. The number of carboxylic acids is 1. The van der Waals surface area contributed by atoms with Gasteiger partial charge in [-0.05, 0) is 19.4 Å². The van der Waals surface area contributed by atoms with E-state index in [9.17, 15) is 9.59 Å². The average molecular weight is 257 g/mol. The summed E-state index contributed by atoms with van der Waals surface area (Å²) < 4.78 is 5.07. The van der Waals surface area contributed by atoms with Crippen LogP contribution in [0, 0.1) is 6.92 Å². The van der Waals surface area contributed by atoms with Gasteiger partial charge in [0.1, 0.15) is 11.6 Å². The van der Waals surface area contributed by atoms with Crippen LogP contribution in [0.15, 0.2) is 6.07 Å². The highest BCUT2D eigenvalue weighted by Gasteiger charge is 2.15. The number of ether oxygens (including phenoxy) is 1. The summed E-state index contributed by atoms with van der Waals surface area (Å²) in [6.45, 7) is 4.20. The number of thiophene rings is 1. The summed E-state index contributed by atoms with van der Waals surface area (Å²) in [6.07, 6.45) is 0.839. The highest BCUT2D eigenvalue weighted by Crippen LogP contribution is 2.27. The number of aryl methyl sites for hydroxylation is 1. The van der Waals surface area contributed by atoms with Crippen molar-refractivity contribution < 1.29 is 19.4 Å². The van der Waals surface area contributed by atoms with Crippen LogP contribution in [0.1, 0.15) is 28.6 Å². The maximum Gasteiger partial charge on any atom is 0.338 e. The summed E-state index contributed by atoms with van der Waals surface area (Å²) in [5.74, 6) is -1.37. The number of amides is 1. The Balaban J connectivity index is 2.61. The van der Waals surface area contributed by atoms with Crippen molar-refractivity contribution in [3.63, 3.8) is 0 Å². The minimum atomic E-state index is -1.04. The molecular weight excluding hydrogens is 242 g/mol. The quantitative estimate of drug-likeness (QED) is 0.765. The standard InChI is InChI=1S/C11H15NO4S/c1-3-4-16-6-9(13)12-10-8(11(14)15)5-7(2)17-10/h5H,3-4,6H2,1-2H3,(H,12,13)(H,14,15). The number of hydrogen-bond donors (Lipinski definition) is 2. The molecule has 0 aliphatic rings. The Kier molecular flexibility index (Phi) is 5.11. The van der Waals surface area contributed by atoms with Gasteiger partial charge in [0.25, 0.3) is 5.91 Å². The number of carbonyl (C=O) groups is 2. The SMILES string of the molecule is CCCOCC(=O)Nc1sc(C)cc1C(=O)O. The van der Waals surface area contributed by atoms with Gasteiger partial charge in [-0.1, -0.05) is 6.92 Å². The number of nitrogens with one attached hydrogen (secondary N) is 1. The first-order valence-electron chi connectivity index (χ1n) is 5.26. The summed E-state index contributed by atoms with van der Waals surface area (Å²) in [5.41, 5.74) is 0.122. The van der Waals surface area contributed by atoms with Gasteiger partial charge in [0.2, 0.25) is 0 Å². The minimum Gasteiger partial charge on any atom is -0.478 e. The molecule has 0 aliphatic heterocycles. The molecule has 6 heteroatoms. The van der Waals surface area contributed by atoms with E-state index in [1.165, 1.54) is 17.4 Å². The molecule has 0 unspecified atom stereocenters. The molecule has 0 atom stereocenters. The van der Waals surface area contributed by atoms with Gasteiger partial charge in [-0.2, -0.15) is 0 Å². The van der Waals surface area contributed by atoms with E-state index < -0.39 is 5.97 Å². The first kappa shape index (κ1) is 13.7. The lowest BCUT2D eigenvalue weighted by Crippen LogP contribution is -2.19. The predicted octanol–water partition coefficient (Wildman–Crippen LogP) is 2.12. The number of rotatable bonds is 6. The van der Waals surface area contributed by atoms with Crippen LogP contribution in [0.3, 0.4) is 0 Å². The van der Waals surface area contributed by atoms with Gasteiger partial charge in [-0.15, -0.1) is 11.3 Å². The van der Waals surface area contributed by atoms with Gasteiger partial charge >= 0.3 is 5.97 Å². The van der Waals surface area contributed by atoms with Crippen molar-refractivity contribution in [3.8, 4) is 0 Å². The highest BCUT2D eigenvalue weighted by molar-refractivity contribution is 7.16. The molecule has 0 saturated carbocycles. The summed E-state index contributed by atoms with van der Waals surface area (Å²) in [5, 5.41) is 11.8. The molecule has 0 aliphatic carbocycles. The van der Waals surface area contributed by atoms with Gasteiger partial charge < -0.3 is 15.2 Å². The van der Waals surface area contributed by atoms with Crippen molar-refractivity contribution in [2.75, 3.05) is 18.5 Å².